The molecular formula is C21H33NO3. The van der Waals surface area contributed by atoms with Crippen LogP contribution in [0.4, 0.5) is 0 Å². The van der Waals surface area contributed by atoms with E-state index in [2.05, 4.69) is 0 Å². The smallest absolute Gasteiger partial charge is 0.253 e. The first-order valence-electron chi connectivity index (χ1n) is 9.48. The first-order valence-corrected chi connectivity index (χ1v) is 9.48. The monoisotopic (exact) mass is 347 g/mol. The number of nitrogens with zero attached hydrogens (tertiary/aromatic N) is 1. The van der Waals surface area contributed by atoms with E-state index in [9.17, 15) is 9.90 Å². The van der Waals surface area contributed by atoms with Crippen molar-refractivity contribution in [2.45, 2.75) is 58.0 Å². The van der Waals surface area contributed by atoms with Gasteiger partial charge in [-0.3, -0.25) is 4.79 Å². The number of aryl methyl sites for hydroxylation is 1. The Morgan fingerprint density at radius 2 is 2.20 bits per heavy atom. The molecule has 0 aromatic heterocycles. The van der Waals surface area contributed by atoms with Gasteiger partial charge in [-0.25, -0.2) is 0 Å². The van der Waals surface area contributed by atoms with Crippen LogP contribution in [-0.2, 0) is 11.2 Å². The number of carbonyl (C=O) groups excluding carboxylic acids is 1. The van der Waals surface area contributed by atoms with E-state index in [0.717, 1.165) is 56.5 Å². The Kier molecular flexibility index (Phi) is 7.45. The molecule has 1 saturated heterocycles. The van der Waals surface area contributed by atoms with Gasteiger partial charge >= 0.3 is 0 Å². The van der Waals surface area contributed by atoms with Gasteiger partial charge in [-0.05, 0) is 76.0 Å². The molecule has 0 aliphatic carbocycles. The minimum atomic E-state index is -0.678. The first-order chi connectivity index (χ1) is 11.9. The number of rotatable bonds is 8. The number of amides is 1. The molecule has 0 saturated carbocycles. The molecule has 1 heterocycles. The van der Waals surface area contributed by atoms with E-state index in [1.807, 2.05) is 43.0 Å². The predicted molar refractivity (Wildman–Crippen MR) is 101 cm³/mol. The van der Waals surface area contributed by atoms with E-state index < -0.39 is 5.60 Å². The van der Waals surface area contributed by atoms with Crippen LogP contribution in [0.15, 0.2) is 24.3 Å². The molecule has 4 heteroatoms. The third-order valence-electron chi connectivity index (χ3n) is 4.97. The lowest BCUT2D eigenvalue weighted by molar-refractivity contribution is 0.0660. The summed E-state index contributed by atoms with van der Waals surface area (Å²) in [5, 5.41) is 9.90. The van der Waals surface area contributed by atoms with Gasteiger partial charge in [0, 0.05) is 32.4 Å². The van der Waals surface area contributed by atoms with Crippen molar-refractivity contribution in [3.63, 3.8) is 0 Å². The maximum absolute atomic E-state index is 12.9. The number of hydrogen-bond donors (Lipinski definition) is 1. The van der Waals surface area contributed by atoms with Crippen LogP contribution in [0.25, 0.3) is 0 Å². The molecule has 140 valence electrons. The predicted octanol–water partition coefficient (Wildman–Crippen LogP) is 3.67. The molecule has 0 unspecified atom stereocenters. The Morgan fingerprint density at radius 1 is 1.40 bits per heavy atom. The second kappa shape index (κ2) is 9.35. The van der Waals surface area contributed by atoms with Crippen molar-refractivity contribution in [1.29, 1.82) is 0 Å². The average molecular weight is 347 g/mol. The van der Waals surface area contributed by atoms with Gasteiger partial charge in [0.2, 0.25) is 0 Å². The number of ether oxygens (including phenoxy) is 1. The highest BCUT2D eigenvalue weighted by molar-refractivity contribution is 5.94. The highest BCUT2D eigenvalue weighted by Gasteiger charge is 2.24. The van der Waals surface area contributed by atoms with Crippen molar-refractivity contribution in [3.05, 3.63) is 35.4 Å². The molecule has 0 bridgehead atoms. The van der Waals surface area contributed by atoms with E-state index in [1.54, 1.807) is 7.11 Å². The van der Waals surface area contributed by atoms with E-state index in [4.69, 9.17) is 4.74 Å². The number of likely N-dealkylation sites (tertiary alicyclic amines) is 1. The van der Waals surface area contributed by atoms with Crippen LogP contribution < -0.4 is 0 Å². The van der Waals surface area contributed by atoms with Gasteiger partial charge in [0.1, 0.15) is 0 Å². The first kappa shape index (κ1) is 19.9. The zero-order valence-corrected chi connectivity index (χ0v) is 16.0. The molecule has 25 heavy (non-hydrogen) atoms. The zero-order chi connectivity index (χ0) is 18.3. The summed E-state index contributed by atoms with van der Waals surface area (Å²) in [4.78, 5) is 14.9. The van der Waals surface area contributed by atoms with Crippen LogP contribution in [-0.4, -0.2) is 48.3 Å². The summed E-state index contributed by atoms with van der Waals surface area (Å²) in [6.45, 7) is 6.15. The topological polar surface area (TPSA) is 49.8 Å². The van der Waals surface area contributed by atoms with E-state index in [1.165, 1.54) is 6.42 Å². The molecule has 1 aromatic carbocycles. The second-order valence-electron chi connectivity index (χ2n) is 7.91. The fraction of sp³-hybridized carbons (Fsp3) is 0.667. The van der Waals surface area contributed by atoms with Gasteiger partial charge in [0.25, 0.3) is 5.91 Å². The molecule has 1 aliphatic heterocycles. The summed E-state index contributed by atoms with van der Waals surface area (Å²) >= 11 is 0. The fourth-order valence-electron chi connectivity index (χ4n) is 3.49. The van der Waals surface area contributed by atoms with Crippen LogP contribution in [0.3, 0.4) is 0 Å². The third-order valence-corrected chi connectivity index (χ3v) is 4.97. The van der Waals surface area contributed by atoms with Crippen LogP contribution in [0, 0.1) is 5.92 Å². The molecule has 0 radical (unpaired) electrons. The lowest BCUT2D eigenvalue weighted by Gasteiger charge is -2.33. The van der Waals surface area contributed by atoms with Gasteiger partial charge in [0.15, 0.2) is 0 Å². The quantitative estimate of drug-likeness (QED) is 0.730. The molecule has 1 aromatic rings. The number of carbonyl (C=O) groups is 1. The molecule has 1 N–H and O–H groups in total. The van der Waals surface area contributed by atoms with Crippen molar-refractivity contribution in [2.24, 2.45) is 5.92 Å². The third kappa shape index (κ3) is 6.79. The second-order valence-corrected chi connectivity index (χ2v) is 7.91. The molecule has 0 spiro atoms. The van der Waals surface area contributed by atoms with Gasteiger partial charge in [-0.15, -0.1) is 0 Å². The molecule has 2 rings (SSSR count). The maximum Gasteiger partial charge on any atom is 0.253 e. The standard InChI is InChI=1S/C21H33NO3/c1-21(2,24)12-11-17-7-4-10-19(15-17)20(23)22-13-5-8-18(16-22)9-6-14-25-3/h4,7,10,15,18,24H,5-6,8-9,11-14,16H2,1-3H3/t18-/m1/s1. The van der Waals surface area contributed by atoms with Gasteiger partial charge in [0.05, 0.1) is 5.60 Å². The van der Waals surface area contributed by atoms with Crippen LogP contribution >= 0.6 is 0 Å². The van der Waals surface area contributed by atoms with Crippen molar-refractivity contribution in [3.8, 4) is 0 Å². The fourth-order valence-corrected chi connectivity index (χ4v) is 3.49. The van der Waals surface area contributed by atoms with Gasteiger partial charge in [-0.1, -0.05) is 12.1 Å². The number of benzene rings is 1. The zero-order valence-electron chi connectivity index (χ0n) is 16.0. The summed E-state index contributed by atoms with van der Waals surface area (Å²) in [7, 11) is 1.74. The Bertz CT molecular complexity index is 550. The minimum absolute atomic E-state index is 0.140. The normalized spacial score (nSPS) is 18.4. The SMILES string of the molecule is COCCC[C@H]1CCCN(C(=O)c2cccc(CCC(C)(C)O)c2)C1. The van der Waals surface area contributed by atoms with Crippen molar-refractivity contribution < 1.29 is 14.6 Å². The van der Waals surface area contributed by atoms with Crippen molar-refractivity contribution in [2.75, 3.05) is 26.8 Å². The van der Waals surface area contributed by atoms with Gasteiger partial charge < -0.3 is 14.7 Å². The Labute approximate surface area is 152 Å². The van der Waals surface area contributed by atoms with Gasteiger partial charge in [-0.2, -0.15) is 0 Å². The largest absolute Gasteiger partial charge is 0.390 e. The number of methoxy groups -OCH3 is 1. The molecule has 4 nitrogen and oxygen atoms in total. The summed E-state index contributed by atoms with van der Waals surface area (Å²) in [6, 6.07) is 7.88. The molecule has 1 amide bonds. The van der Waals surface area contributed by atoms with Crippen LogP contribution in [0.1, 0.15) is 61.9 Å². The maximum atomic E-state index is 12.9. The van der Waals surface area contributed by atoms with E-state index in [0.29, 0.717) is 12.3 Å². The van der Waals surface area contributed by atoms with Crippen LogP contribution in [0.2, 0.25) is 0 Å². The molecular weight excluding hydrogens is 314 g/mol. The lowest BCUT2D eigenvalue weighted by Crippen LogP contribution is -2.40. The number of hydrogen-bond acceptors (Lipinski definition) is 3. The lowest BCUT2D eigenvalue weighted by atomic mass is 9.93. The molecule has 1 atom stereocenters. The Morgan fingerprint density at radius 3 is 2.92 bits per heavy atom. The number of aliphatic hydroxyl groups is 1. The van der Waals surface area contributed by atoms with E-state index >= 15 is 0 Å². The minimum Gasteiger partial charge on any atom is -0.390 e. The summed E-state index contributed by atoms with van der Waals surface area (Å²) in [5.41, 5.74) is 1.20. The summed E-state index contributed by atoms with van der Waals surface area (Å²) in [5.74, 6) is 0.729. The Hall–Kier alpha value is -1.39. The van der Waals surface area contributed by atoms with Crippen LogP contribution in [0.5, 0.6) is 0 Å². The summed E-state index contributed by atoms with van der Waals surface area (Å²) in [6.07, 6.45) is 5.96. The average Bonchev–Trinajstić information content (AvgIpc) is 2.59. The van der Waals surface area contributed by atoms with Crippen molar-refractivity contribution >= 4 is 5.91 Å². The summed E-state index contributed by atoms with van der Waals surface area (Å²) < 4.78 is 5.14. The molecule has 1 aliphatic rings. The highest BCUT2D eigenvalue weighted by atomic mass is 16.5. The number of piperidine rings is 1. The molecule has 1 fully saturated rings. The Balaban J connectivity index is 1.95. The highest BCUT2D eigenvalue weighted by Crippen LogP contribution is 2.23. The van der Waals surface area contributed by atoms with Crippen molar-refractivity contribution in [1.82, 2.24) is 4.90 Å². The van der Waals surface area contributed by atoms with E-state index in [-0.39, 0.29) is 5.91 Å².